The first-order valence-electron chi connectivity index (χ1n) is 7.27. The Hall–Kier alpha value is -1.76. The molecule has 2 amide bonds. The van der Waals surface area contributed by atoms with Gasteiger partial charge in [0.25, 0.3) is 0 Å². The lowest BCUT2D eigenvalue weighted by Crippen LogP contribution is -2.38. The molecule has 1 aliphatic rings. The van der Waals surface area contributed by atoms with Crippen LogP contribution in [-0.2, 0) is 6.18 Å². The summed E-state index contributed by atoms with van der Waals surface area (Å²) in [6.07, 6.45) is -1.53. The van der Waals surface area contributed by atoms with E-state index in [1.54, 1.807) is 0 Å². The van der Waals surface area contributed by atoms with Crippen LogP contribution in [0.15, 0.2) is 24.3 Å². The number of urea groups is 1. The lowest BCUT2D eigenvalue weighted by Gasteiger charge is -2.27. The standard InChI is InChI=1S/C15H19F3N2O2/c16-15(17,18)11-6-2-3-7-12(11)20-14(22)19-9-10-5-1-4-8-13(10)21/h2-3,6-7,10,13,21H,1,4-5,8-9H2,(H2,19,20,22)/t10-,13-/m0/s1. The van der Waals surface area contributed by atoms with Gasteiger partial charge in [-0.3, -0.25) is 0 Å². The molecule has 0 aliphatic heterocycles. The number of aliphatic hydroxyl groups is 1. The first kappa shape index (κ1) is 16.6. The van der Waals surface area contributed by atoms with Gasteiger partial charge in [-0.1, -0.05) is 25.0 Å². The molecule has 7 heteroatoms. The molecule has 22 heavy (non-hydrogen) atoms. The third-order valence-electron chi connectivity index (χ3n) is 3.87. The highest BCUT2D eigenvalue weighted by atomic mass is 19.4. The topological polar surface area (TPSA) is 61.4 Å². The molecule has 0 unspecified atom stereocenters. The van der Waals surface area contributed by atoms with Crippen LogP contribution in [0.2, 0.25) is 0 Å². The third kappa shape index (κ3) is 4.37. The van der Waals surface area contributed by atoms with Crippen LogP contribution in [0.25, 0.3) is 0 Å². The zero-order valence-corrected chi connectivity index (χ0v) is 12.0. The Bertz CT molecular complexity index is 520. The molecule has 2 atom stereocenters. The van der Waals surface area contributed by atoms with Gasteiger partial charge in [0.2, 0.25) is 0 Å². The average molecular weight is 316 g/mol. The highest BCUT2D eigenvalue weighted by molar-refractivity contribution is 5.90. The Balaban J connectivity index is 1.92. The second kappa shape index (κ2) is 7.00. The van der Waals surface area contributed by atoms with E-state index < -0.39 is 23.9 Å². The van der Waals surface area contributed by atoms with E-state index in [9.17, 15) is 23.1 Å². The molecule has 1 aromatic carbocycles. The van der Waals surface area contributed by atoms with Crippen LogP contribution in [0.4, 0.5) is 23.7 Å². The zero-order valence-electron chi connectivity index (χ0n) is 12.0. The van der Waals surface area contributed by atoms with Crippen molar-refractivity contribution in [1.82, 2.24) is 5.32 Å². The largest absolute Gasteiger partial charge is 0.418 e. The van der Waals surface area contributed by atoms with Crippen LogP contribution in [0.1, 0.15) is 31.2 Å². The molecule has 0 saturated heterocycles. The van der Waals surface area contributed by atoms with Crippen molar-refractivity contribution in [3.8, 4) is 0 Å². The Labute approximate surface area is 126 Å². The molecule has 0 bridgehead atoms. The van der Waals surface area contributed by atoms with Gasteiger partial charge in [0, 0.05) is 12.5 Å². The summed E-state index contributed by atoms with van der Waals surface area (Å²) in [7, 11) is 0. The number of nitrogens with one attached hydrogen (secondary N) is 2. The van der Waals surface area contributed by atoms with Crippen LogP contribution >= 0.6 is 0 Å². The van der Waals surface area contributed by atoms with Crippen molar-refractivity contribution in [3.63, 3.8) is 0 Å². The molecular weight excluding hydrogens is 297 g/mol. The average Bonchev–Trinajstić information content (AvgIpc) is 2.46. The summed E-state index contributed by atoms with van der Waals surface area (Å²) in [6.45, 7) is 0.251. The highest BCUT2D eigenvalue weighted by Crippen LogP contribution is 2.34. The van der Waals surface area contributed by atoms with Crippen molar-refractivity contribution in [2.75, 3.05) is 11.9 Å². The normalized spacial score (nSPS) is 22.2. The Morgan fingerprint density at radius 2 is 1.91 bits per heavy atom. The van der Waals surface area contributed by atoms with E-state index in [0.29, 0.717) is 6.42 Å². The Morgan fingerprint density at radius 1 is 1.23 bits per heavy atom. The number of aliphatic hydroxyl groups excluding tert-OH is 1. The summed E-state index contributed by atoms with van der Waals surface area (Å²) in [4.78, 5) is 11.8. The molecule has 0 spiro atoms. The van der Waals surface area contributed by atoms with Crippen molar-refractivity contribution in [2.45, 2.75) is 38.0 Å². The third-order valence-corrected chi connectivity index (χ3v) is 3.87. The second-order valence-corrected chi connectivity index (χ2v) is 5.49. The molecule has 0 heterocycles. The molecule has 1 aromatic rings. The van der Waals surface area contributed by atoms with Gasteiger partial charge in [0.1, 0.15) is 0 Å². The smallest absolute Gasteiger partial charge is 0.393 e. The maximum absolute atomic E-state index is 12.8. The predicted octanol–water partition coefficient (Wildman–Crippen LogP) is 3.38. The van der Waals surface area contributed by atoms with Crippen molar-refractivity contribution in [3.05, 3.63) is 29.8 Å². The molecule has 4 nitrogen and oxygen atoms in total. The van der Waals surface area contributed by atoms with Gasteiger partial charge in [0.05, 0.1) is 17.4 Å². The molecule has 2 rings (SSSR count). The van der Waals surface area contributed by atoms with E-state index >= 15 is 0 Å². The molecule has 1 aliphatic carbocycles. The summed E-state index contributed by atoms with van der Waals surface area (Å²) < 4.78 is 38.5. The second-order valence-electron chi connectivity index (χ2n) is 5.49. The number of benzene rings is 1. The fourth-order valence-electron chi connectivity index (χ4n) is 2.66. The van der Waals surface area contributed by atoms with E-state index in [1.807, 2.05) is 0 Å². The van der Waals surface area contributed by atoms with E-state index in [2.05, 4.69) is 10.6 Å². The van der Waals surface area contributed by atoms with Gasteiger partial charge in [-0.2, -0.15) is 13.2 Å². The molecule has 0 radical (unpaired) electrons. The Morgan fingerprint density at radius 3 is 2.59 bits per heavy atom. The molecule has 0 aromatic heterocycles. The summed E-state index contributed by atoms with van der Waals surface area (Å²) >= 11 is 0. The predicted molar refractivity (Wildman–Crippen MR) is 76.4 cm³/mol. The fourth-order valence-corrected chi connectivity index (χ4v) is 2.66. The van der Waals surface area contributed by atoms with E-state index in [4.69, 9.17) is 0 Å². The first-order valence-corrected chi connectivity index (χ1v) is 7.27. The molecule has 122 valence electrons. The minimum atomic E-state index is -4.52. The lowest BCUT2D eigenvalue weighted by molar-refractivity contribution is -0.136. The Kier molecular flexibility index (Phi) is 5.28. The number of carbonyl (C=O) groups excluding carboxylic acids is 1. The quantitative estimate of drug-likeness (QED) is 0.800. The van der Waals surface area contributed by atoms with Crippen molar-refractivity contribution < 1.29 is 23.1 Å². The van der Waals surface area contributed by atoms with Gasteiger partial charge in [-0.25, -0.2) is 4.79 Å². The minimum absolute atomic E-state index is 0.0441. The van der Waals surface area contributed by atoms with Crippen LogP contribution in [0, 0.1) is 5.92 Å². The number of hydrogen-bond donors (Lipinski definition) is 3. The van der Waals surface area contributed by atoms with Gasteiger partial charge in [-0.15, -0.1) is 0 Å². The number of anilines is 1. The minimum Gasteiger partial charge on any atom is -0.393 e. The number of hydrogen-bond acceptors (Lipinski definition) is 2. The number of carbonyl (C=O) groups is 1. The summed E-state index contributed by atoms with van der Waals surface area (Å²) in [5, 5.41) is 14.6. The van der Waals surface area contributed by atoms with Crippen LogP contribution < -0.4 is 10.6 Å². The number of para-hydroxylation sites is 1. The highest BCUT2D eigenvalue weighted by Gasteiger charge is 2.33. The summed E-state index contributed by atoms with van der Waals surface area (Å²) in [5.74, 6) is -0.0441. The number of halogens is 3. The monoisotopic (exact) mass is 316 g/mol. The van der Waals surface area contributed by atoms with Crippen molar-refractivity contribution in [1.29, 1.82) is 0 Å². The number of amides is 2. The number of rotatable bonds is 3. The molecule has 1 saturated carbocycles. The summed E-state index contributed by atoms with van der Waals surface area (Å²) in [6, 6.07) is 4.12. The maximum atomic E-state index is 12.8. The summed E-state index contributed by atoms with van der Waals surface area (Å²) in [5.41, 5.74) is -1.17. The van der Waals surface area contributed by atoms with Crippen molar-refractivity contribution in [2.24, 2.45) is 5.92 Å². The zero-order chi connectivity index (χ0) is 16.2. The van der Waals surface area contributed by atoms with Crippen LogP contribution in [0.5, 0.6) is 0 Å². The lowest BCUT2D eigenvalue weighted by atomic mass is 9.86. The van der Waals surface area contributed by atoms with Gasteiger partial charge in [0.15, 0.2) is 0 Å². The van der Waals surface area contributed by atoms with Gasteiger partial charge >= 0.3 is 12.2 Å². The van der Waals surface area contributed by atoms with E-state index in [0.717, 1.165) is 25.3 Å². The van der Waals surface area contributed by atoms with E-state index in [1.165, 1.54) is 18.2 Å². The van der Waals surface area contributed by atoms with Gasteiger partial charge in [-0.05, 0) is 25.0 Å². The first-order chi connectivity index (χ1) is 10.4. The molecule has 1 fully saturated rings. The van der Waals surface area contributed by atoms with Crippen molar-refractivity contribution >= 4 is 11.7 Å². The van der Waals surface area contributed by atoms with Gasteiger partial charge < -0.3 is 15.7 Å². The number of alkyl halides is 3. The van der Waals surface area contributed by atoms with Crippen LogP contribution in [-0.4, -0.2) is 23.8 Å². The van der Waals surface area contributed by atoms with Crippen LogP contribution in [0.3, 0.4) is 0 Å². The SMILES string of the molecule is O=C(NC[C@@H]1CCCC[C@@H]1O)Nc1ccccc1C(F)(F)F. The molecule has 3 N–H and O–H groups in total. The maximum Gasteiger partial charge on any atom is 0.418 e. The van der Waals surface area contributed by atoms with E-state index in [-0.39, 0.29) is 18.2 Å². The fraction of sp³-hybridized carbons (Fsp3) is 0.533. The molecular formula is C15H19F3N2O2.